The summed E-state index contributed by atoms with van der Waals surface area (Å²) in [5, 5.41) is 2.20. The third kappa shape index (κ3) is 6.24. The van der Waals surface area contributed by atoms with Gasteiger partial charge < -0.3 is 14.8 Å². The van der Waals surface area contributed by atoms with E-state index in [1.165, 1.54) is 6.26 Å². The summed E-state index contributed by atoms with van der Waals surface area (Å²) in [5.41, 5.74) is -0.529. The molecule has 0 spiro atoms. The zero-order chi connectivity index (χ0) is 14.7. The Labute approximate surface area is 114 Å². The molecule has 1 N–H and O–H groups in total. The summed E-state index contributed by atoms with van der Waals surface area (Å²) in [5.74, 6) is 0. The first-order valence-electron chi connectivity index (χ1n) is 6.35. The standard InChI is InChI=1S/C12H23NO5S/c1-12(2,3)18-11(14)13-7-9-5-6-10(8-17-9)19(4,15)16/h9-10H,5-8H2,1-4H3,(H,13,14)/t9?,10-/m1/s1. The Balaban J connectivity index is 2.29. The molecule has 0 aromatic rings. The molecule has 19 heavy (non-hydrogen) atoms. The molecule has 0 radical (unpaired) electrons. The first-order chi connectivity index (χ1) is 8.58. The molecular weight excluding hydrogens is 270 g/mol. The highest BCUT2D eigenvalue weighted by Crippen LogP contribution is 2.18. The minimum Gasteiger partial charge on any atom is -0.444 e. The number of rotatable bonds is 3. The maximum atomic E-state index is 11.4. The van der Waals surface area contributed by atoms with Crippen LogP contribution < -0.4 is 5.32 Å². The van der Waals surface area contributed by atoms with Gasteiger partial charge in [0, 0.05) is 12.8 Å². The molecule has 1 saturated heterocycles. The van der Waals surface area contributed by atoms with Crippen molar-refractivity contribution in [3.05, 3.63) is 0 Å². The van der Waals surface area contributed by atoms with Crippen LogP contribution in [0.25, 0.3) is 0 Å². The van der Waals surface area contributed by atoms with E-state index in [2.05, 4.69) is 5.32 Å². The third-order valence-corrected chi connectivity index (χ3v) is 4.39. The fourth-order valence-corrected chi connectivity index (χ4v) is 2.68. The molecule has 1 aliphatic heterocycles. The van der Waals surface area contributed by atoms with Crippen LogP contribution >= 0.6 is 0 Å². The SMILES string of the molecule is CC(C)(C)OC(=O)NCC1CC[C@@H](S(C)(=O)=O)CO1. The molecule has 7 heteroatoms. The van der Waals surface area contributed by atoms with E-state index in [0.29, 0.717) is 19.4 Å². The summed E-state index contributed by atoms with van der Waals surface area (Å²) in [4.78, 5) is 11.4. The molecule has 2 atom stereocenters. The summed E-state index contributed by atoms with van der Waals surface area (Å²) in [6, 6.07) is 0. The zero-order valence-electron chi connectivity index (χ0n) is 11.9. The molecule has 0 aliphatic carbocycles. The molecule has 1 amide bonds. The normalized spacial score (nSPS) is 24.8. The van der Waals surface area contributed by atoms with Gasteiger partial charge in [0.1, 0.15) is 5.60 Å². The van der Waals surface area contributed by atoms with Gasteiger partial charge in [0.25, 0.3) is 0 Å². The number of hydrogen-bond acceptors (Lipinski definition) is 5. The molecule has 1 rings (SSSR count). The second-order valence-corrected chi connectivity index (χ2v) is 8.19. The van der Waals surface area contributed by atoms with Gasteiger partial charge in [0.05, 0.1) is 18.0 Å². The number of hydrogen-bond donors (Lipinski definition) is 1. The molecule has 0 saturated carbocycles. The van der Waals surface area contributed by atoms with Crippen LogP contribution in [0.2, 0.25) is 0 Å². The number of carbonyl (C=O) groups excluding carboxylic acids is 1. The van der Waals surface area contributed by atoms with E-state index in [4.69, 9.17) is 9.47 Å². The Kier molecular flexibility index (Phi) is 5.20. The van der Waals surface area contributed by atoms with E-state index in [9.17, 15) is 13.2 Å². The van der Waals surface area contributed by atoms with E-state index in [-0.39, 0.29) is 12.7 Å². The number of nitrogens with one attached hydrogen (secondary N) is 1. The van der Waals surface area contributed by atoms with E-state index >= 15 is 0 Å². The molecule has 112 valence electrons. The molecule has 1 heterocycles. The van der Waals surface area contributed by atoms with Crippen molar-refractivity contribution in [1.29, 1.82) is 0 Å². The fraction of sp³-hybridized carbons (Fsp3) is 0.917. The Morgan fingerprint density at radius 1 is 1.37 bits per heavy atom. The van der Waals surface area contributed by atoms with E-state index in [1.807, 2.05) is 0 Å². The lowest BCUT2D eigenvalue weighted by atomic mass is 10.1. The molecule has 1 fully saturated rings. The monoisotopic (exact) mass is 293 g/mol. The van der Waals surface area contributed by atoms with Crippen molar-refractivity contribution in [1.82, 2.24) is 5.32 Å². The third-order valence-electron chi connectivity index (χ3n) is 2.81. The first kappa shape index (κ1) is 16.2. The zero-order valence-corrected chi connectivity index (χ0v) is 12.7. The lowest BCUT2D eigenvalue weighted by Gasteiger charge is -2.28. The maximum Gasteiger partial charge on any atom is 0.407 e. The van der Waals surface area contributed by atoms with Crippen molar-refractivity contribution in [2.45, 2.75) is 50.6 Å². The average Bonchev–Trinajstić information content (AvgIpc) is 2.23. The second kappa shape index (κ2) is 6.09. The Bertz CT molecular complexity index is 404. The van der Waals surface area contributed by atoms with Crippen LogP contribution in [0, 0.1) is 0 Å². The summed E-state index contributed by atoms with van der Waals surface area (Å²) >= 11 is 0. The molecule has 6 nitrogen and oxygen atoms in total. The molecule has 0 aromatic heterocycles. The van der Waals surface area contributed by atoms with Crippen molar-refractivity contribution in [3.63, 3.8) is 0 Å². The van der Waals surface area contributed by atoms with Gasteiger partial charge in [-0.2, -0.15) is 0 Å². The van der Waals surface area contributed by atoms with Crippen LogP contribution in [0.4, 0.5) is 4.79 Å². The summed E-state index contributed by atoms with van der Waals surface area (Å²) in [6.07, 6.45) is 1.78. The van der Waals surface area contributed by atoms with E-state index in [0.717, 1.165) is 0 Å². The van der Waals surface area contributed by atoms with Gasteiger partial charge in [0.2, 0.25) is 0 Å². The summed E-state index contributed by atoms with van der Waals surface area (Å²) in [6.45, 7) is 5.91. The van der Waals surface area contributed by atoms with Crippen molar-refractivity contribution in [3.8, 4) is 0 Å². The first-order valence-corrected chi connectivity index (χ1v) is 8.31. The average molecular weight is 293 g/mol. The highest BCUT2D eigenvalue weighted by molar-refractivity contribution is 7.91. The number of carbonyl (C=O) groups is 1. The quantitative estimate of drug-likeness (QED) is 0.842. The van der Waals surface area contributed by atoms with Gasteiger partial charge in [-0.05, 0) is 33.6 Å². The molecular formula is C12H23NO5S. The molecule has 0 bridgehead atoms. The second-order valence-electron chi connectivity index (χ2n) is 5.87. The number of ether oxygens (including phenoxy) is 2. The van der Waals surface area contributed by atoms with Gasteiger partial charge in [-0.25, -0.2) is 13.2 Å². The van der Waals surface area contributed by atoms with Gasteiger partial charge in [-0.15, -0.1) is 0 Å². The smallest absolute Gasteiger partial charge is 0.407 e. The van der Waals surface area contributed by atoms with Crippen molar-refractivity contribution in [2.75, 3.05) is 19.4 Å². The number of alkyl carbamates (subject to hydrolysis) is 1. The Morgan fingerprint density at radius 3 is 2.42 bits per heavy atom. The van der Waals surface area contributed by atoms with Crippen LogP contribution in [0.1, 0.15) is 33.6 Å². The Morgan fingerprint density at radius 2 is 2.00 bits per heavy atom. The van der Waals surface area contributed by atoms with Crippen molar-refractivity contribution in [2.24, 2.45) is 0 Å². The minimum atomic E-state index is -3.04. The molecule has 1 unspecified atom stereocenters. The lowest BCUT2D eigenvalue weighted by Crippen LogP contribution is -2.42. The lowest BCUT2D eigenvalue weighted by molar-refractivity contribution is 0.0126. The van der Waals surface area contributed by atoms with Crippen molar-refractivity contribution >= 4 is 15.9 Å². The van der Waals surface area contributed by atoms with Crippen LogP contribution in [-0.4, -0.2) is 50.9 Å². The van der Waals surface area contributed by atoms with Gasteiger partial charge >= 0.3 is 6.09 Å². The van der Waals surface area contributed by atoms with Crippen LogP contribution in [0.3, 0.4) is 0 Å². The largest absolute Gasteiger partial charge is 0.444 e. The van der Waals surface area contributed by atoms with Gasteiger partial charge in [0.15, 0.2) is 9.84 Å². The molecule has 0 aromatic carbocycles. The highest BCUT2D eigenvalue weighted by atomic mass is 32.2. The highest BCUT2D eigenvalue weighted by Gasteiger charge is 2.28. The summed E-state index contributed by atoms with van der Waals surface area (Å²) < 4.78 is 33.2. The Hall–Kier alpha value is -0.820. The molecule has 1 aliphatic rings. The van der Waals surface area contributed by atoms with Gasteiger partial charge in [-0.1, -0.05) is 0 Å². The van der Waals surface area contributed by atoms with Crippen LogP contribution in [0.15, 0.2) is 0 Å². The summed E-state index contributed by atoms with van der Waals surface area (Å²) in [7, 11) is -3.04. The fourth-order valence-electron chi connectivity index (χ4n) is 1.79. The van der Waals surface area contributed by atoms with E-state index in [1.54, 1.807) is 20.8 Å². The van der Waals surface area contributed by atoms with Gasteiger partial charge in [-0.3, -0.25) is 0 Å². The van der Waals surface area contributed by atoms with Crippen LogP contribution in [0.5, 0.6) is 0 Å². The predicted molar refractivity (Wildman–Crippen MR) is 71.8 cm³/mol. The van der Waals surface area contributed by atoms with Crippen LogP contribution in [-0.2, 0) is 19.3 Å². The number of sulfone groups is 1. The predicted octanol–water partition coefficient (Wildman–Crippen LogP) is 1.10. The maximum absolute atomic E-state index is 11.4. The number of amides is 1. The topological polar surface area (TPSA) is 81.7 Å². The van der Waals surface area contributed by atoms with Crippen molar-refractivity contribution < 1.29 is 22.7 Å². The van der Waals surface area contributed by atoms with E-state index < -0.39 is 26.8 Å². The minimum absolute atomic E-state index is 0.148.